The van der Waals surface area contributed by atoms with Crippen molar-refractivity contribution in [3.05, 3.63) is 0 Å². The molecule has 3 fully saturated rings. The number of ether oxygens (including phenoxy) is 2. The summed E-state index contributed by atoms with van der Waals surface area (Å²) in [6.45, 7) is 3.25. The summed E-state index contributed by atoms with van der Waals surface area (Å²) in [6.07, 6.45) is 2.46. The van der Waals surface area contributed by atoms with E-state index in [1.165, 1.54) is 6.66 Å². The van der Waals surface area contributed by atoms with Crippen molar-refractivity contribution < 1.29 is 23.5 Å². The van der Waals surface area contributed by atoms with Crippen molar-refractivity contribution >= 4 is 7.60 Å². The second kappa shape index (κ2) is 3.34. The molecule has 3 rings (SSSR count). The molecular weight excluding hydrogens is 243 g/mol. The van der Waals surface area contributed by atoms with Gasteiger partial charge >= 0.3 is 7.60 Å². The number of methoxy groups -OCH3 is 1. The van der Waals surface area contributed by atoms with Crippen LogP contribution in [0.15, 0.2) is 0 Å². The second-order valence-electron chi connectivity index (χ2n) is 5.75. The maximum absolute atomic E-state index is 11.5. The van der Waals surface area contributed by atoms with Crippen LogP contribution in [0.1, 0.15) is 26.2 Å². The third-order valence-electron chi connectivity index (χ3n) is 4.36. The first kappa shape index (κ1) is 12.1. The highest BCUT2D eigenvalue weighted by Gasteiger charge is 2.77. The lowest BCUT2D eigenvalue weighted by Gasteiger charge is -2.32. The van der Waals surface area contributed by atoms with E-state index in [0.29, 0.717) is 5.92 Å². The summed E-state index contributed by atoms with van der Waals surface area (Å²) < 4.78 is 28.5. The normalized spacial score (nSPS) is 55.2. The van der Waals surface area contributed by atoms with Gasteiger partial charge in [-0.05, 0) is 25.7 Å². The molecule has 0 amide bonds. The molecule has 3 aliphatic rings. The molecule has 0 radical (unpaired) electrons. The van der Waals surface area contributed by atoms with E-state index in [4.69, 9.17) is 14.0 Å². The largest absolute Gasteiger partial charge is 0.375 e. The van der Waals surface area contributed by atoms with Gasteiger partial charge in [-0.2, -0.15) is 0 Å². The van der Waals surface area contributed by atoms with Crippen molar-refractivity contribution in [2.75, 3.05) is 13.8 Å². The Kier molecular flexibility index (Phi) is 2.38. The standard InChI is InChI=1S/C11H19O5P/c1-7-4-10(14-2)5-8-6-11(8,9(10)15-7)16-17(3,12)13/h7-9H,4-6H2,1-3H3,(H,12,13)/t7?,8?,9-,10+,11+/m0/s1. The highest BCUT2D eigenvalue weighted by Crippen LogP contribution is 2.70. The van der Waals surface area contributed by atoms with E-state index in [2.05, 4.69) is 0 Å². The Morgan fingerprint density at radius 2 is 2.12 bits per heavy atom. The molecule has 6 heteroatoms. The van der Waals surface area contributed by atoms with Gasteiger partial charge in [-0.1, -0.05) is 0 Å². The maximum Gasteiger partial charge on any atom is 0.325 e. The van der Waals surface area contributed by atoms with Crippen LogP contribution in [-0.2, 0) is 18.6 Å². The summed E-state index contributed by atoms with van der Waals surface area (Å²) in [5, 5.41) is 0. The molecule has 0 spiro atoms. The maximum atomic E-state index is 11.5. The van der Waals surface area contributed by atoms with E-state index < -0.39 is 13.2 Å². The summed E-state index contributed by atoms with van der Waals surface area (Å²) in [6, 6.07) is 0. The Bertz CT molecular complexity index is 393. The third kappa shape index (κ3) is 1.64. The van der Waals surface area contributed by atoms with Gasteiger partial charge in [0.1, 0.15) is 11.7 Å². The van der Waals surface area contributed by atoms with Crippen LogP contribution in [-0.4, -0.2) is 42.1 Å². The highest BCUT2D eigenvalue weighted by molar-refractivity contribution is 7.51. The third-order valence-corrected chi connectivity index (χ3v) is 5.04. The smallest absolute Gasteiger partial charge is 0.325 e. The molecule has 3 unspecified atom stereocenters. The molecule has 6 atom stereocenters. The summed E-state index contributed by atoms with van der Waals surface area (Å²) in [7, 11) is -1.79. The van der Waals surface area contributed by atoms with Gasteiger partial charge in [0.2, 0.25) is 0 Å². The van der Waals surface area contributed by atoms with Crippen LogP contribution in [0.4, 0.5) is 0 Å². The minimum Gasteiger partial charge on any atom is -0.375 e. The van der Waals surface area contributed by atoms with Gasteiger partial charge in [0, 0.05) is 20.2 Å². The monoisotopic (exact) mass is 262 g/mol. The molecule has 2 saturated carbocycles. The van der Waals surface area contributed by atoms with Gasteiger partial charge in [0.15, 0.2) is 0 Å². The first-order valence-electron chi connectivity index (χ1n) is 6.03. The minimum atomic E-state index is -3.48. The Labute approximate surface area is 101 Å². The lowest BCUT2D eigenvalue weighted by atomic mass is 9.91. The zero-order valence-electron chi connectivity index (χ0n) is 10.4. The molecular formula is C11H19O5P. The quantitative estimate of drug-likeness (QED) is 0.782. The topological polar surface area (TPSA) is 65.0 Å². The molecule has 98 valence electrons. The van der Waals surface area contributed by atoms with Crippen LogP contribution in [0, 0.1) is 5.92 Å². The zero-order chi connectivity index (χ0) is 12.5. The van der Waals surface area contributed by atoms with Crippen LogP contribution in [0.5, 0.6) is 0 Å². The predicted molar refractivity (Wildman–Crippen MR) is 61.0 cm³/mol. The molecule has 1 aliphatic heterocycles. The fourth-order valence-corrected chi connectivity index (χ4v) is 4.76. The van der Waals surface area contributed by atoms with Gasteiger partial charge in [-0.3, -0.25) is 9.09 Å². The fraction of sp³-hybridized carbons (Fsp3) is 1.00. The van der Waals surface area contributed by atoms with E-state index in [9.17, 15) is 9.46 Å². The van der Waals surface area contributed by atoms with E-state index in [1.807, 2.05) is 6.92 Å². The van der Waals surface area contributed by atoms with Gasteiger partial charge in [0.25, 0.3) is 0 Å². The van der Waals surface area contributed by atoms with Crippen molar-refractivity contribution in [2.24, 2.45) is 5.92 Å². The Morgan fingerprint density at radius 3 is 2.71 bits per heavy atom. The first-order valence-corrected chi connectivity index (χ1v) is 8.05. The lowest BCUT2D eigenvalue weighted by Crippen LogP contribution is -2.44. The Hall–Kier alpha value is 0.0700. The Morgan fingerprint density at radius 1 is 1.41 bits per heavy atom. The number of hydrogen-bond donors (Lipinski definition) is 1. The van der Waals surface area contributed by atoms with Crippen molar-refractivity contribution in [3.63, 3.8) is 0 Å². The van der Waals surface area contributed by atoms with Gasteiger partial charge in [0.05, 0.1) is 11.7 Å². The average Bonchev–Trinajstić information content (AvgIpc) is 2.61. The number of rotatable bonds is 3. The molecule has 2 aliphatic carbocycles. The van der Waals surface area contributed by atoms with Crippen molar-refractivity contribution in [1.82, 2.24) is 0 Å². The second-order valence-corrected chi connectivity index (χ2v) is 7.54. The van der Waals surface area contributed by atoms with Crippen LogP contribution >= 0.6 is 7.60 Å². The molecule has 0 aromatic carbocycles. The predicted octanol–water partition coefficient (Wildman–Crippen LogP) is 1.54. The van der Waals surface area contributed by atoms with Crippen molar-refractivity contribution in [3.8, 4) is 0 Å². The van der Waals surface area contributed by atoms with E-state index >= 15 is 0 Å². The molecule has 1 saturated heterocycles. The van der Waals surface area contributed by atoms with Gasteiger partial charge in [-0.15, -0.1) is 0 Å². The fourth-order valence-electron chi connectivity index (χ4n) is 3.81. The molecule has 0 aromatic heterocycles. The number of hydrogen-bond acceptors (Lipinski definition) is 4. The van der Waals surface area contributed by atoms with E-state index in [1.54, 1.807) is 7.11 Å². The van der Waals surface area contributed by atoms with Gasteiger partial charge < -0.3 is 14.4 Å². The SMILES string of the molecule is CO[C@@]12CC(C)O[C@@H]1[C@@]1(OP(C)(=O)O)CC1C2. The molecule has 5 nitrogen and oxygen atoms in total. The van der Waals surface area contributed by atoms with E-state index in [0.717, 1.165) is 19.3 Å². The Balaban J connectivity index is 1.89. The molecule has 0 aromatic rings. The van der Waals surface area contributed by atoms with E-state index in [-0.39, 0.29) is 17.8 Å². The van der Waals surface area contributed by atoms with Crippen LogP contribution in [0.3, 0.4) is 0 Å². The molecule has 1 N–H and O–H groups in total. The summed E-state index contributed by atoms with van der Waals surface area (Å²) in [5.41, 5.74) is -0.878. The van der Waals surface area contributed by atoms with Crippen molar-refractivity contribution in [2.45, 2.75) is 49.6 Å². The van der Waals surface area contributed by atoms with Gasteiger partial charge in [-0.25, -0.2) is 0 Å². The molecule has 1 heterocycles. The summed E-state index contributed by atoms with van der Waals surface area (Å²) in [5.74, 6) is 0.306. The summed E-state index contributed by atoms with van der Waals surface area (Å²) >= 11 is 0. The molecule has 0 bridgehead atoms. The highest BCUT2D eigenvalue weighted by atomic mass is 31.2. The average molecular weight is 262 g/mol. The van der Waals surface area contributed by atoms with Crippen LogP contribution in [0.25, 0.3) is 0 Å². The number of fused-ring (bicyclic) bond motifs is 3. The minimum absolute atomic E-state index is 0.122. The lowest BCUT2D eigenvalue weighted by molar-refractivity contribution is -0.103. The zero-order valence-corrected chi connectivity index (χ0v) is 11.3. The van der Waals surface area contributed by atoms with Crippen molar-refractivity contribution in [1.29, 1.82) is 0 Å². The summed E-state index contributed by atoms with van der Waals surface area (Å²) in [4.78, 5) is 9.45. The van der Waals surface area contributed by atoms with Crippen LogP contribution < -0.4 is 0 Å². The molecule has 17 heavy (non-hydrogen) atoms. The first-order chi connectivity index (χ1) is 7.81. The van der Waals surface area contributed by atoms with Crippen LogP contribution in [0.2, 0.25) is 0 Å².